The number of anilines is 1. The van der Waals surface area contributed by atoms with E-state index in [2.05, 4.69) is 10.6 Å². The van der Waals surface area contributed by atoms with Crippen molar-refractivity contribution < 1.29 is 28.7 Å². The number of esters is 1. The van der Waals surface area contributed by atoms with Crippen molar-refractivity contribution in [3.63, 3.8) is 0 Å². The summed E-state index contributed by atoms with van der Waals surface area (Å²) < 4.78 is 10.9. The first-order chi connectivity index (χ1) is 14.5. The van der Waals surface area contributed by atoms with E-state index in [1.807, 2.05) is 6.07 Å². The number of fused-ring (bicyclic) bond motifs is 2. The number of ether oxygens (including phenoxy) is 2. The van der Waals surface area contributed by atoms with Crippen molar-refractivity contribution in [1.82, 2.24) is 10.2 Å². The predicted molar refractivity (Wildman–Crippen MR) is 110 cm³/mol. The third-order valence-corrected chi connectivity index (χ3v) is 5.85. The normalized spacial score (nSPS) is 24.8. The highest BCUT2D eigenvalue weighted by Crippen LogP contribution is 2.58. The molecule has 4 rings (SSSR count). The molecule has 3 aliphatic rings. The van der Waals surface area contributed by atoms with Gasteiger partial charge in [0.2, 0.25) is 5.60 Å². The summed E-state index contributed by atoms with van der Waals surface area (Å²) >= 11 is 0. The van der Waals surface area contributed by atoms with Crippen molar-refractivity contribution in [2.24, 2.45) is 5.92 Å². The second-order valence-electron chi connectivity index (χ2n) is 9.33. The SMILES string of the molecule is CNC(=O)Nc1ccc2c(c1)C(C1CC1)CC21OC(=O)N(CC(=O)OC(C)(C)C)C1=O. The second-order valence-corrected chi connectivity index (χ2v) is 9.33. The minimum absolute atomic E-state index is 0.0414. The molecule has 1 saturated carbocycles. The molecule has 4 amide bonds. The summed E-state index contributed by atoms with van der Waals surface area (Å²) in [5, 5.41) is 5.25. The Labute approximate surface area is 180 Å². The van der Waals surface area contributed by atoms with E-state index in [4.69, 9.17) is 9.47 Å². The molecular weight excluding hydrogens is 402 g/mol. The van der Waals surface area contributed by atoms with Gasteiger partial charge in [-0.05, 0) is 63.1 Å². The molecular formula is C22H27N3O6. The number of nitrogens with zero attached hydrogens (tertiary/aromatic N) is 1. The van der Waals surface area contributed by atoms with Crippen LogP contribution in [0.25, 0.3) is 0 Å². The first kappa shape index (κ1) is 21.1. The van der Waals surface area contributed by atoms with E-state index in [-0.39, 0.29) is 11.9 Å². The van der Waals surface area contributed by atoms with Gasteiger partial charge in [0.15, 0.2) is 0 Å². The Hall–Kier alpha value is -3.10. The zero-order valence-electron chi connectivity index (χ0n) is 18.1. The molecule has 1 saturated heterocycles. The third-order valence-electron chi connectivity index (χ3n) is 5.85. The molecule has 1 aromatic rings. The second kappa shape index (κ2) is 7.25. The Morgan fingerprint density at radius 2 is 1.97 bits per heavy atom. The van der Waals surface area contributed by atoms with Crippen LogP contribution in [0.4, 0.5) is 15.3 Å². The van der Waals surface area contributed by atoms with Crippen molar-refractivity contribution in [2.45, 2.75) is 57.2 Å². The van der Waals surface area contributed by atoms with Crippen molar-refractivity contribution >= 4 is 29.7 Å². The summed E-state index contributed by atoms with van der Waals surface area (Å²) in [4.78, 5) is 50.8. The van der Waals surface area contributed by atoms with E-state index < -0.39 is 35.7 Å². The average Bonchev–Trinajstić information content (AvgIpc) is 3.43. The van der Waals surface area contributed by atoms with Crippen LogP contribution in [0, 0.1) is 5.92 Å². The minimum Gasteiger partial charge on any atom is -0.459 e. The number of carbonyl (C=O) groups excluding carboxylic acids is 4. The molecule has 1 aromatic carbocycles. The molecule has 1 aliphatic heterocycles. The number of hydrogen-bond acceptors (Lipinski definition) is 6. The molecule has 9 heteroatoms. The summed E-state index contributed by atoms with van der Waals surface area (Å²) in [5.74, 6) is -0.767. The number of hydrogen-bond donors (Lipinski definition) is 2. The minimum atomic E-state index is -1.44. The fourth-order valence-corrected chi connectivity index (χ4v) is 4.44. The van der Waals surface area contributed by atoms with Gasteiger partial charge in [-0.2, -0.15) is 0 Å². The highest BCUT2D eigenvalue weighted by Gasteiger charge is 2.62. The summed E-state index contributed by atoms with van der Waals surface area (Å²) in [5.41, 5.74) is -0.0448. The van der Waals surface area contributed by atoms with Gasteiger partial charge in [-0.1, -0.05) is 6.07 Å². The lowest BCUT2D eigenvalue weighted by Crippen LogP contribution is -2.41. The number of imide groups is 1. The summed E-state index contributed by atoms with van der Waals surface area (Å²) in [6.45, 7) is 4.66. The van der Waals surface area contributed by atoms with Crippen LogP contribution in [0.3, 0.4) is 0 Å². The standard InChI is InChI=1S/C22H27N3O6/c1-21(2,3)30-17(26)11-25-18(27)22(31-20(25)29)10-15(12-5-6-12)14-9-13(7-8-16(14)22)24-19(28)23-4/h7-9,12,15H,5-6,10-11H2,1-4H3,(H2,23,24,28). The highest BCUT2D eigenvalue weighted by atomic mass is 16.6. The van der Waals surface area contributed by atoms with E-state index in [9.17, 15) is 19.2 Å². The monoisotopic (exact) mass is 429 g/mol. The molecule has 2 unspecified atom stereocenters. The van der Waals surface area contributed by atoms with Crippen LogP contribution in [-0.2, 0) is 24.7 Å². The van der Waals surface area contributed by atoms with E-state index in [1.165, 1.54) is 7.05 Å². The lowest BCUT2D eigenvalue weighted by molar-refractivity contribution is -0.157. The van der Waals surface area contributed by atoms with E-state index >= 15 is 0 Å². The third kappa shape index (κ3) is 3.84. The molecule has 9 nitrogen and oxygen atoms in total. The molecule has 1 spiro atoms. The maximum Gasteiger partial charge on any atom is 0.418 e. The molecule has 2 N–H and O–H groups in total. The van der Waals surface area contributed by atoms with Gasteiger partial charge in [0.05, 0.1) is 0 Å². The number of rotatable bonds is 4. The zero-order valence-corrected chi connectivity index (χ0v) is 18.1. The molecule has 0 bridgehead atoms. The maximum absolute atomic E-state index is 13.4. The fraction of sp³-hybridized carbons (Fsp3) is 0.545. The first-order valence-corrected chi connectivity index (χ1v) is 10.4. The summed E-state index contributed by atoms with van der Waals surface area (Å²) in [6, 6.07) is 4.91. The Morgan fingerprint density at radius 3 is 2.58 bits per heavy atom. The molecule has 0 radical (unpaired) electrons. The predicted octanol–water partition coefficient (Wildman–Crippen LogP) is 2.85. The number of carbonyl (C=O) groups is 4. The number of amides is 4. The van der Waals surface area contributed by atoms with Gasteiger partial charge < -0.3 is 20.1 Å². The summed E-state index contributed by atoms with van der Waals surface area (Å²) in [7, 11) is 1.53. The Kier molecular flexibility index (Phi) is 4.94. The largest absolute Gasteiger partial charge is 0.459 e. The van der Waals surface area contributed by atoms with Crippen LogP contribution < -0.4 is 10.6 Å². The number of urea groups is 1. The Bertz CT molecular complexity index is 964. The van der Waals surface area contributed by atoms with Gasteiger partial charge in [-0.15, -0.1) is 0 Å². The van der Waals surface area contributed by atoms with E-state index in [0.717, 1.165) is 23.3 Å². The molecule has 1 heterocycles. The fourth-order valence-electron chi connectivity index (χ4n) is 4.44. The number of benzene rings is 1. The maximum atomic E-state index is 13.4. The molecule has 2 aliphatic carbocycles. The van der Waals surface area contributed by atoms with E-state index in [1.54, 1.807) is 32.9 Å². The lowest BCUT2D eigenvalue weighted by atomic mass is 9.93. The van der Waals surface area contributed by atoms with Crippen LogP contribution in [0.15, 0.2) is 18.2 Å². The van der Waals surface area contributed by atoms with Crippen LogP contribution in [0.1, 0.15) is 57.1 Å². The molecule has 2 atom stereocenters. The smallest absolute Gasteiger partial charge is 0.418 e. The van der Waals surface area contributed by atoms with Crippen LogP contribution in [-0.4, -0.2) is 48.1 Å². The van der Waals surface area contributed by atoms with Crippen LogP contribution in [0.5, 0.6) is 0 Å². The van der Waals surface area contributed by atoms with Gasteiger partial charge in [0, 0.05) is 24.7 Å². The highest BCUT2D eigenvalue weighted by molar-refractivity contribution is 6.06. The van der Waals surface area contributed by atoms with Gasteiger partial charge in [0.1, 0.15) is 12.1 Å². The van der Waals surface area contributed by atoms with Gasteiger partial charge >= 0.3 is 18.1 Å². The zero-order chi connectivity index (χ0) is 22.6. The van der Waals surface area contributed by atoms with Crippen molar-refractivity contribution in [2.75, 3.05) is 18.9 Å². The van der Waals surface area contributed by atoms with Gasteiger partial charge in [0.25, 0.3) is 5.91 Å². The molecule has 2 fully saturated rings. The van der Waals surface area contributed by atoms with Gasteiger partial charge in [-0.25, -0.2) is 14.5 Å². The number of nitrogens with one attached hydrogen (secondary N) is 2. The van der Waals surface area contributed by atoms with Crippen molar-refractivity contribution in [1.29, 1.82) is 0 Å². The average molecular weight is 429 g/mol. The molecule has 31 heavy (non-hydrogen) atoms. The quantitative estimate of drug-likeness (QED) is 0.712. The van der Waals surface area contributed by atoms with Gasteiger partial charge in [-0.3, -0.25) is 9.59 Å². The van der Waals surface area contributed by atoms with Crippen molar-refractivity contribution in [3.05, 3.63) is 29.3 Å². The Balaban J connectivity index is 1.64. The topological polar surface area (TPSA) is 114 Å². The Morgan fingerprint density at radius 1 is 1.26 bits per heavy atom. The lowest BCUT2D eigenvalue weighted by Gasteiger charge is -2.22. The summed E-state index contributed by atoms with van der Waals surface area (Å²) in [6.07, 6.45) is 1.57. The van der Waals surface area contributed by atoms with Crippen LogP contribution in [0.2, 0.25) is 0 Å². The molecule has 0 aromatic heterocycles. The van der Waals surface area contributed by atoms with Crippen molar-refractivity contribution in [3.8, 4) is 0 Å². The first-order valence-electron chi connectivity index (χ1n) is 10.4. The van der Waals surface area contributed by atoms with E-state index in [0.29, 0.717) is 23.6 Å². The molecule has 166 valence electrons. The van der Waals surface area contributed by atoms with Crippen LogP contribution >= 0.6 is 0 Å².